The molecule has 4 heteroatoms. The first-order valence-corrected chi connectivity index (χ1v) is 6.16. The van der Waals surface area contributed by atoms with Gasteiger partial charge in [-0.05, 0) is 43.4 Å². The maximum Gasteiger partial charge on any atom is 0.180 e. The molecule has 4 nitrogen and oxygen atoms in total. The molecule has 1 saturated heterocycles. The second-order valence-corrected chi connectivity index (χ2v) is 4.87. The lowest BCUT2D eigenvalue weighted by atomic mass is 9.93. The Bertz CT molecular complexity index is 384. The molecule has 0 radical (unpaired) electrons. The lowest BCUT2D eigenvalue weighted by molar-refractivity contribution is 0.0625. The fourth-order valence-corrected chi connectivity index (χ4v) is 2.53. The number of hydrogen-bond acceptors (Lipinski definition) is 4. The van der Waals surface area contributed by atoms with Gasteiger partial charge < -0.3 is 10.2 Å². The molecule has 1 aromatic rings. The minimum Gasteiger partial charge on any atom is -0.508 e. The molecule has 1 saturated carbocycles. The third-order valence-electron chi connectivity index (χ3n) is 3.61. The van der Waals surface area contributed by atoms with Gasteiger partial charge in [0.1, 0.15) is 5.75 Å². The molecular weight excluding hydrogens is 218 g/mol. The Hall–Kier alpha value is -1.10. The van der Waals surface area contributed by atoms with Crippen LogP contribution < -0.4 is 0 Å². The van der Waals surface area contributed by atoms with Crippen molar-refractivity contribution in [1.29, 1.82) is 0 Å². The first-order chi connectivity index (χ1) is 8.24. The summed E-state index contributed by atoms with van der Waals surface area (Å²) in [5, 5.41) is 20.7. The van der Waals surface area contributed by atoms with Crippen molar-refractivity contribution in [3.63, 3.8) is 0 Å². The number of hydroxylamine groups is 2. The van der Waals surface area contributed by atoms with Crippen LogP contribution in [0.5, 0.6) is 5.75 Å². The van der Waals surface area contributed by atoms with Gasteiger partial charge in [0.25, 0.3) is 0 Å². The molecule has 17 heavy (non-hydrogen) atoms. The van der Waals surface area contributed by atoms with Crippen molar-refractivity contribution in [1.82, 2.24) is 5.06 Å². The van der Waals surface area contributed by atoms with Crippen LogP contribution in [0.4, 0.5) is 0 Å². The predicted molar refractivity (Wildman–Crippen MR) is 62.0 cm³/mol. The van der Waals surface area contributed by atoms with Crippen LogP contribution in [0, 0.1) is 0 Å². The van der Waals surface area contributed by atoms with E-state index in [-0.39, 0.29) is 18.1 Å². The van der Waals surface area contributed by atoms with Crippen LogP contribution in [0.2, 0.25) is 0 Å². The zero-order valence-corrected chi connectivity index (χ0v) is 9.62. The topological polar surface area (TPSA) is 56.0 Å². The minimum atomic E-state index is -0.127. The third kappa shape index (κ3) is 2.29. The number of nitrogens with zero attached hydrogens (tertiary/aromatic N) is 1. The lowest BCUT2D eigenvalue weighted by Gasteiger charge is -2.24. The van der Waals surface area contributed by atoms with E-state index >= 15 is 0 Å². The summed E-state index contributed by atoms with van der Waals surface area (Å²) in [6.45, 7) is 0. The fraction of sp³-hybridized carbons (Fsp3) is 0.538. The molecular formula is C13H17NO3. The van der Waals surface area contributed by atoms with Crippen LogP contribution >= 0.6 is 0 Å². The smallest absolute Gasteiger partial charge is 0.180 e. The van der Waals surface area contributed by atoms with Crippen LogP contribution in [-0.4, -0.2) is 27.4 Å². The second kappa shape index (κ2) is 4.29. The predicted octanol–water partition coefficient (Wildman–Crippen LogP) is 1.94. The van der Waals surface area contributed by atoms with Crippen molar-refractivity contribution in [3.05, 3.63) is 29.8 Å². The van der Waals surface area contributed by atoms with Gasteiger partial charge in [-0.1, -0.05) is 12.1 Å². The van der Waals surface area contributed by atoms with E-state index < -0.39 is 0 Å². The molecule has 2 N–H and O–H groups in total. The summed E-state index contributed by atoms with van der Waals surface area (Å²) >= 11 is 0. The van der Waals surface area contributed by atoms with Gasteiger partial charge in [0.15, 0.2) is 6.23 Å². The maximum absolute atomic E-state index is 9.46. The third-order valence-corrected chi connectivity index (χ3v) is 3.61. The average Bonchev–Trinajstić information content (AvgIpc) is 3.11. The number of rotatable bonds is 2. The van der Waals surface area contributed by atoms with Crippen LogP contribution in [0.15, 0.2) is 24.3 Å². The Kier molecular flexibility index (Phi) is 2.78. The number of phenols is 1. The highest BCUT2D eigenvalue weighted by molar-refractivity contribution is 5.28. The molecule has 2 unspecified atom stereocenters. The lowest BCUT2D eigenvalue weighted by Crippen LogP contribution is -2.27. The molecule has 2 aliphatic rings. The zero-order chi connectivity index (χ0) is 11.8. The van der Waals surface area contributed by atoms with E-state index in [4.69, 9.17) is 4.84 Å². The molecule has 92 valence electrons. The Labute approximate surface area is 100 Å². The summed E-state index contributed by atoms with van der Waals surface area (Å²) < 4.78 is 0. The van der Waals surface area contributed by atoms with E-state index in [9.17, 15) is 10.2 Å². The van der Waals surface area contributed by atoms with Gasteiger partial charge in [0.2, 0.25) is 0 Å². The van der Waals surface area contributed by atoms with E-state index in [1.807, 2.05) is 17.2 Å². The molecule has 1 aromatic carbocycles. The number of aliphatic hydroxyl groups excluding tert-OH is 1. The summed E-state index contributed by atoms with van der Waals surface area (Å²) in [5.41, 5.74) is 1.08. The van der Waals surface area contributed by atoms with Crippen LogP contribution in [0.25, 0.3) is 0 Å². The van der Waals surface area contributed by atoms with E-state index in [1.165, 1.54) is 0 Å². The normalized spacial score (nSPS) is 36.8. The van der Waals surface area contributed by atoms with E-state index in [0.717, 1.165) is 31.2 Å². The average molecular weight is 235 g/mol. The second-order valence-electron chi connectivity index (χ2n) is 4.87. The van der Waals surface area contributed by atoms with E-state index in [2.05, 4.69) is 0 Å². The van der Waals surface area contributed by atoms with Crippen LogP contribution in [0.1, 0.15) is 37.5 Å². The number of phenolic OH excluding ortho intramolecular Hbond substituents is 1. The number of benzene rings is 1. The van der Waals surface area contributed by atoms with E-state index in [1.54, 1.807) is 12.1 Å². The van der Waals surface area contributed by atoms with Crippen molar-refractivity contribution in [2.45, 2.75) is 44.1 Å². The highest BCUT2D eigenvalue weighted by Crippen LogP contribution is 2.43. The molecule has 2 fully saturated rings. The molecule has 0 spiro atoms. The van der Waals surface area contributed by atoms with Crippen molar-refractivity contribution < 1.29 is 15.1 Å². The van der Waals surface area contributed by atoms with Gasteiger partial charge in [0, 0.05) is 6.04 Å². The molecule has 1 aliphatic heterocycles. The van der Waals surface area contributed by atoms with Crippen molar-refractivity contribution in [2.24, 2.45) is 0 Å². The molecule has 0 amide bonds. The first-order valence-electron chi connectivity index (χ1n) is 6.16. The summed E-state index contributed by atoms with van der Waals surface area (Å²) in [4.78, 5) is 5.59. The SMILES string of the molecule is Oc1ccc(C2ON2C2CCC(O)CC2)cc1. The van der Waals surface area contributed by atoms with Crippen LogP contribution in [-0.2, 0) is 4.84 Å². The Morgan fingerprint density at radius 3 is 2.35 bits per heavy atom. The van der Waals surface area contributed by atoms with Gasteiger partial charge in [-0.15, -0.1) is 5.06 Å². The molecule has 0 bridgehead atoms. The number of hydrogen-bond donors (Lipinski definition) is 2. The van der Waals surface area contributed by atoms with Gasteiger partial charge in [-0.2, -0.15) is 0 Å². The first kappa shape index (κ1) is 11.0. The fourth-order valence-electron chi connectivity index (χ4n) is 2.53. The maximum atomic E-state index is 9.46. The summed E-state index contributed by atoms with van der Waals surface area (Å²) in [6, 6.07) is 7.56. The van der Waals surface area contributed by atoms with Gasteiger partial charge in [-0.25, -0.2) is 0 Å². The molecule has 3 rings (SSSR count). The Morgan fingerprint density at radius 2 is 1.71 bits per heavy atom. The highest BCUT2D eigenvalue weighted by atomic mass is 16.8. The largest absolute Gasteiger partial charge is 0.508 e. The molecule has 0 aromatic heterocycles. The Balaban J connectivity index is 1.61. The standard InChI is InChI=1S/C13H17NO3/c15-11-5-1-9(2-6-11)13-14(17-13)10-3-7-12(16)8-4-10/h1-2,5-6,10,12-13,15-16H,3-4,7-8H2. The van der Waals surface area contributed by atoms with E-state index in [0.29, 0.717) is 6.04 Å². The molecule has 1 heterocycles. The summed E-state index contributed by atoms with van der Waals surface area (Å²) in [7, 11) is 0. The summed E-state index contributed by atoms with van der Waals surface area (Å²) in [5.74, 6) is 0.279. The van der Waals surface area contributed by atoms with Gasteiger partial charge in [-0.3, -0.25) is 4.84 Å². The molecule has 2 atom stereocenters. The Morgan fingerprint density at radius 1 is 1.06 bits per heavy atom. The van der Waals surface area contributed by atoms with Crippen molar-refractivity contribution >= 4 is 0 Å². The highest BCUT2D eigenvalue weighted by Gasteiger charge is 2.44. The summed E-state index contributed by atoms with van der Waals surface area (Å²) in [6.07, 6.45) is 3.64. The zero-order valence-electron chi connectivity index (χ0n) is 9.62. The quantitative estimate of drug-likeness (QED) is 0.769. The van der Waals surface area contributed by atoms with Gasteiger partial charge >= 0.3 is 0 Å². The number of aromatic hydroxyl groups is 1. The van der Waals surface area contributed by atoms with Gasteiger partial charge in [0.05, 0.1) is 6.10 Å². The number of aliphatic hydroxyl groups is 1. The molecule has 1 aliphatic carbocycles. The van der Waals surface area contributed by atoms with Crippen molar-refractivity contribution in [3.8, 4) is 5.75 Å². The van der Waals surface area contributed by atoms with Crippen LogP contribution in [0.3, 0.4) is 0 Å². The minimum absolute atomic E-state index is 0.0378. The van der Waals surface area contributed by atoms with Crippen molar-refractivity contribution in [2.75, 3.05) is 0 Å². The monoisotopic (exact) mass is 235 g/mol.